The second-order valence-electron chi connectivity index (χ2n) is 5.22. The quantitative estimate of drug-likeness (QED) is 0.344. The van der Waals surface area contributed by atoms with Gasteiger partial charge in [-0.1, -0.05) is 12.1 Å². The van der Waals surface area contributed by atoms with Crippen LogP contribution in [0.25, 0.3) is 0 Å². The van der Waals surface area contributed by atoms with E-state index in [1.807, 2.05) is 35.4 Å². The molecule has 0 amide bonds. The summed E-state index contributed by atoms with van der Waals surface area (Å²) in [5.74, 6) is -0.185. The van der Waals surface area contributed by atoms with E-state index in [4.69, 9.17) is 0 Å². The molecule has 120 valence electrons. The predicted molar refractivity (Wildman–Crippen MR) is 93.4 cm³/mol. The Kier molecular flexibility index (Phi) is 5.39. The van der Waals surface area contributed by atoms with Gasteiger partial charge in [0.25, 0.3) is 5.69 Å². The first-order valence-electron chi connectivity index (χ1n) is 7.06. The summed E-state index contributed by atoms with van der Waals surface area (Å²) in [5.41, 5.74) is 1.85. The van der Waals surface area contributed by atoms with Crippen LogP contribution in [0.2, 0.25) is 0 Å². The highest BCUT2D eigenvalue weighted by molar-refractivity contribution is 7.98. The number of carbonyl (C=O) groups excluding carboxylic acids is 1. The lowest BCUT2D eigenvalue weighted by Crippen LogP contribution is -2.18. The van der Waals surface area contributed by atoms with Crippen molar-refractivity contribution in [2.75, 3.05) is 18.2 Å². The van der Waals surface area contributed by atoms with Gasteiger partial charge in [-0.25, -0.2) is 0 Å². The molecule has 0 heterocycles. The van der Waals surface area contributed by atoms with E-state index < -0.39 is 4.92 Å². The van der Waals surface area contributed by atoms with E-state index in [1.54, 1.807) is 30.9 Å². The second kappa shape index (κ2) is 7.28. The monoisotopic (exact) mass is 330 g/mol. The van der Waals surface area contributed by atoms with Crippen molar-refractivity contribution in [3.8, 4) is 0 Å². The van der Waals surface area contributed by atoms with Crippen molar-refractivity contribution < 1.29 is 9.72 Å². The van der Waals surface area contributed by atoms with E-state index in [0.717, 1.165) is 5.56 Å². The van der Waals surface area contributed by atoms with Gasteiger partial charge in [0, 0.05) is 30.1 Å². The Morgan fingerprint density at radius 3 is 2.39 bits per heavy atom. The molecule has 6 heteroatoms. The van der Waals surface area contributed by atoms with Crippen LogP contribution in [-0.2, 0) is 6.54 Å². The number of hydrogen-bond donors (Lipinski definition) is 0. The van der Waals surface area contributed by atoms with E-state index in [2.05, 4.69) is 0 Å². The Balaban J connectivity index is 2.28. The summed E-state index contributed by atoms with van der Waals surface area (Å²) in [5, 5.41) is 11.3. The fourth-order valence-electron chi connectivity index (χ4n) is 2.30. The number of Topliss-reactive ketones (excluding diaryl/α,β-unsaturated/α-hetero) is 1. The molecule has 0 aliphatic heterocycles. The van der Waals surface area contributed by atoms with Gasteiger partial charge in [0.15, 0.2) is 5.78 Å². The van der Waals surface area contributed by atoms with Crippen LogP contribution in [0.4, 0.5) is 11.4 Å². The minimum Gasteiger partial charge on any atom is -0.365 e. The lowest BCUT2D eigenvalue weighted by molar-refractivity contribution is -0.384. The number of anilines is 1. The topological polar surface area (TPSA) is 63.5 Å². The summed E-state index contributed by atoms with van der Waals surface area (Å²) in [6.07, 6.45) is 2.01. The smallest absolute Gasteiger partial charge is 0.293 e. The molecule has 0 saturated heterocycles. The third-order valence-electron chi connectivity index (χ3n) is 3.57. The molecule has 0 radical (unpaired) electrons. The summed E-state index contributed by atoms with van der Waals surface area (Å²) < 4.78 is 0. The minimum absolute atomic E-state index is 0.0547. The first-order valence-corrected chi connectivity index (χ1v) is 8.28. The van der Waals surface area contributed by atoms with Crippen molar-refractivity contribution >= 4 is 28.9 Å². The highest BCUT2D eigenvalue weighted by Gasteiger charge is 2.19. The summed E-state index contributed by atoms with van der Waals surface area (Å²) in [6.45, 7) is 1.95. The maximum atomic E-state index is 11.4. The molecule has 0 fully saturated rings. The first kappa shape index (κ1) is 17.0. The second-order valence-corrected chi connectivity index (χ2v) is 6.10. The molecule has 5 nitrogen and oxygen atoms in total. The number of rotatable bonds is 6. The molecule has 2 rings (SSSR count). The van der Waals surface area contributed by atoms with Gasteiger partial charge in [-0.2, -0.15) is 0 Å². The Hall–Kier alpha value is -2.34. The lowest BCUT2D eigenvalue weighted by Gasteiger charge is -2.19. The average molecular weight is 330 g/mol. The normalized spacial score (nSPS) is 10.4. The van der Waals surface area contributed by atoms with E-state index >= 15 is 0 Å². The number of nitro benzene ring substituents is 1. The van der Waals surface area contributed by atoms with Crippen molar-refractivity contribution in [3.63, 3.8) is 0 Å². The van der Waals surface area contributed by atoms with E-state index in [-0.39, 0.29) is 11.5 Å². The van der Waals surface area contributed by atoms with Gasteiger partial charge < -0.3 is 4.90 Å². The zero-order valence-electron chi connectivity index (χ0n) is 13.3. The molecule has 23 heavy (non-hydrogen) atoms. The van der Waals surface area contributed by atoms with Crippen LogP contribution in [0.5, 0.6) is 0 Å². The van der Waals surface area contributed by atoms with Crippen molar-refractivity contribution in [2.24, 2.45) is 0 Å². The molecule has 0 atom stereocenters. The Morgan fingerprint density at radius 2 is 1.87 bits per heavy atom. The van der Waals surface area contributed by atoms with Gasteiger partial charge in [0.05, 0.1) is 4.92 Å². The third-order valence-corrected chi connectivity index (χ3v) is 4.31. The fraction of sp³-hybridized carbons (Fsp3) is 0.235. The largest absolute Gasteiger partial charge is 0.365 e. The number of thioether (sulfide) groups is 1. The van der Waals surface area contributed by atoms with Crippen LogP contribution in [-0.4, -0.2) is 24.0 Å². The van der Waals surface area contributed by atoms with E-state index in [9.17, 15) is 14.9 Å². The number of hydrogen-bond acceptors (Lipinski definition) is 5. The number of benzene rings is 2. The summed E-state index contributed by atoms with van der Waals surface area (Å²) >= 11 is 1.67. The zero-order valence-corrected chi connectivity index (χ0v) is 14.1. The van der Waals surface area contributed by atoms with Gasteiger partial charge in [0.2, 0.25) is 0 Å². The van der Waals surface area contributed by atoms with E-state index in [0.29, 0.717) is 17.8 Å². The van der Waals surface area contributed by atoms with Crippen LogP contribution in [0.1, 0.15) is 22.8 Å². The van der Waals surface area contributed by atoms with Gasteiger partial charge in [-0.15, -0.1) is 11.8 Å². The molecule has 0 unspecified atom stereocenters. The number of ketones is 1. The summed E-state index contributed by atoms with van der Waals surface area (Å²) in [4.78, 5) is 25.3. The van der Waals surface area contributed by atoms with Gasteiger partial charge >= 0.3 is 0 Å². The number of nitro groups is 1. The first-order chi connectivity index (χ1) is 10.9. The maximum absolute atomic E-state index is 11.4. The molecular weight excluding hydrogens is 312 g/mol. The lowest BCUT2D eigenvalue weighted by atomic mass is 10.1. The molecule has 0 aliphatic rings. The molecule has 0 saturated carbocycles. The molecule has 0 bridgehead atoms. The SMILES string of the molecule is CSc1ccc(CN(C)c2ccc(C(C)=O)cc2[N+](=O)[O-])cc1. The maximum Gasteiger partial charge on any atom is 0.293 e. The standard InChI is InChI=1S/C17H18N2O3S/c1-12(20)14-6-9-16(17(10-14)19(21)22)18(2)11-13-4-7-15(23-3)8-5-13/h4-10H,11H2,1-3H3. The van der Waals surface area contributed by atoms with Crippen LogP contribution >= 0.6 is 11.8 Å². The Bertz CT molecular complexity index is 729. The molecule has 0 aromatic heterocycles. The van der Waals surface area contributed by atoms with Crippen molar-refractivity contribution in [3.05, 3.63) is 63.7 Å². The van der Waals surface area contributed by atoms with Crippen LogP contribution in [0.3, 0.4) is 0 Å². The van der Waals surface area contributed by atoms with Crippen LogP contribution in [0, 0.1) is 10.1 Å². The Labute approximate surface area is 139 Å². The van der Waals surface area contributed by atoms with Crippen molar-refractivity contribution in [2.45, 2.75) is 18.4 Å². The summed E-state index contributed by atoms with van der Waals surface area (Å²) in [6, 6.07) is 12.7. The number of carbonyl (C=O) groups is 1. The van der Waals surface area contributed by atoms with Gasteiger partial charge in [-0.3, -0.25) is 14.9 Å². The fourth-order valence-corrected chi connectivity index (χ4v) is 2.71. The molecular formula is C17H18N2O3S. The van der Waals surface area contributed by atoms with Crippen molar-refractivity contribution in [1.82, 2.24) is 0 Å². The minimum atomic E-state index is -0.449. The molecule has 0 N–H and O–H groups in total. The van der Waals surface area contributed by atoms with Crippen LogP contribution in [0.15, 0.2) is 47.4 Å². The summed E-state index contributed by atoms with van der Waals surface area (Å²) in [7, 11) is 1.80. The predicted octanol–water partition coefficient (Wildman–Crippen LogP) is 4.16. The molecule has 0 spiro atoms. The van der Waals surface area contributed by atoms with Gasteiger partial charge in [-0.05, 0) is 43.0 Å². The highest BCUT2D eigenvalue weighted by atomic mass is 32.2. The van der Waals surface area contributed by atoms with Gasteiger partial charge in [0.1, 0.15) is 5.69 Å². The Morgan fingerprint density at radius 1 is 1.22 bits per heavy atom. The average Bonchev–Trinajstić information content (AvgIpc) is 2.54. The third kappa shape index (κ3) is 4.10. The molecule has 2 aromatic carbocycles. The van der Waals surface area contributed by atoms with Crippen molar-refractivity contribution in [1.29, 1.82) is 0 Å². The van der Waals surface area contributed by atoms with E-state index in [1.165, 1.54) is 17.9 Å². The highest BCUT2D eigenvalue weighted by Crippen LogP contribution is 2.30. The molecule has 0 aliphatic carbocycles. The number of nitrogens with zero attached hydrogens (tertiary/aromatic N) is 2. The molecule has 2 aromatic rings. The zero-order chi connectivity index (χ0) is 17.0. The van der Waals surface area contributed by atoms with Crippen LogP contribution < -0.4 is 4.90 Å².